The number of amides is 1. The van der Waals surface area contributed by atoms with Crippen LogP contribution in [-0.4, -0.2) is 32.3 Å². The predicted octanol–water partition coefficient (Wildman–Crippen LogP) is 4.16. The quantitative estimate of drug-likeness (QED) is 0.847. The zero-order valence-corrected chi connectivity index (χ0v) is 15.6. The first-order valence-corrected chi connectivity index (χ1v) is 8.61. The lowest BCUT2D eigenvalue weighted by atomic mass is 10.1. The number of hydrogen-bond acceptors (Lipinski definition) is 5. The van der Waals surface area contributed by atoms with Crippen molar-refractivity contribution < 1.29 is 23.7 Å². The van der Waals surface area contributed by atoms with Gasteiger partial charge in [-0.25, -0.2) is 0 Å². The molecule has 0 radical (unpaired) electrons. The summed E-state index contributed by atoms with van der Waals surface area (Å²) in [7, 11) is 1.50. The molecule has 1 aliphatic heterocycles. The SMILES string of the molecule is COc1cc(C(=O)Nc2ccc3c(c2)OCCO3)cc(Cl)c1OC(C)C. The largest absolute Gasteiger partial charge is 0.493 e. The molecule has 6 nitrogen and oxygen atoms in total. The van der Waals surface area contributed by atoms with Gasteiger partial charge in [-0.15, -0.1) is 0 Å². The van der Waals surface area contributed by atoms with Crippen LogP contribution in [0.5, 0.6) is 23.0 Å². The Morgan fingerprint density at radius 2 is 1.88 bits per heavy atom. The number of nitrogens with one attached hydrogen (secondary N) is 1. The van der Waals surface area contributed by atoms with E-state index in [1.165, 1.54) is 7.11 Å². The van der Waals surface area contributed by atoms with Crippen molar-refractivity contribution >= 4 is 23.2 Å². The van der Waals surface area contributed by atoms with Gasteiger partial charge >= 0.3 is 0 Å². The molecule has 0 fully saturated rings. The Morgan fingerprint density at radius 3 is 2.58 bits per heavy atom. The highest BCUT2D eigenvalue weighted by molar-refractivity contribution is 6.32. The van der Waals surface area contributed by atoms with Gasteiger partial charge in [0.25, 0.3) is 5.91 Å². The number of carbonyl (C=O) groups is 1. The van der Waals surface area contributed by atoms with Gasteiger partial charge in [-0.3, -0.25) is 4.79 Å². The molecule has 0 unspecified atom stereocenters. The first-order valence-electron chi connectivity index (χ1n) is 8.23. The van der Waals surface area contributed by atoms with Crippen LogP contribution in [0.25, 0.3) is 0 Å². The molecule has 1 aliphatic rings. The second-order valence-corrected chi connectivity index (χ2v) is 6.38. The van der Waals surface area contributed by atoms with Gasteiger partial charge < -0.3 is 24.3 Å². The molecule has 0 saturated heterocycles. The lowest BCUT2D eigenvalue weighted by molar-refractivity contribution is 0.102. The highest BCUT2D eigenvalue weighted by Gasteiger charge is 2.18. The number of halogens is 1. The zero-order chi connectivity index (χ0) is 18.7. The van der Waals surface area contributed by atoms with E-state index >= 15 is 0 Å². The van der Waals surface area contributed by atoms with E-state index in [2.05, 4.69) is 5.32 Å². The van der Waals surface area contributed by atoms with Crippen molar-refractivity contribution in [2.75, 3.05) is 25.6 Å². The molecular weight excluding hydrogens is 358 g/mol. The Balaban J connectivity index is 1.82. The number of hydrogen-bond donors (Lipinski definition) is 1. The topological polar surface area (TPSA) is 66.0 Å². The van der Waals surface area contributed by atoms with Gasteiger partial charge in [0.1, 0.15) is 13.2 Å². The summed E-state index contributed by atoms with van der Waals surface area (Å²) in [6, 6.07) is 8.38. The summed E-state index contributed by atoms with van der Waals surface area (Å²) in [5, 5.41) is 3.13. The van der Waals surface area contributed by atoms with Crippen molar-refractivity contribution in [3.8, 4) is 23.0 Å². The highest BCUT2D eigenvalue weighted by Crippen LogP contribution is 2.37. The van der Waals surface area contributed by atoms with E-state index in [9.17, 15) is 4.79 Å². The summed E-state index contributed by atoms with van der Waals surface area (Å²) in [4.78, 5) is 12.6. The Bertz CT molecular complexity index is 822. The molecule has 1 heterocycles. The monoisotopic (exact) mass is 377 g/mol. The molecule has 0 atom stereocenters. The first kappa shape index (κ1) is 18.2. The fourth-order valence-corrected chi connectivity index (χ4v) is 2.78. The second-order valence-electron chi connectivity index (χ2n) is 5.97. The van der Waals surface area contributed by atoms with Crippen LogP contribution in [0.4, 0.5) is 5.69 Å². The number of methoxy groups -OCH3 is 1. The molecule has 0 spiro atoms. The molecular formula is C19H20ClNO5. The summed E-state index contributed by atoms with van der Waals surface area (Å²) in [5.74, 6) is 1.76. The van der Waals surface area contributed by atoms with Crippen molar-refractivity contribution in [1.29, 1.82) is 0 Å². The number of anilines is 1. The van der Waals surface area contributed by atoms with Crippen LogP contribution < -0.4 is 24.3 Å². The maximum absolute atomic E-state index is 12.6. The fourth-order valence-electron chi connectivity index (χ4n) is 2.53. The summed E-state index contributed by atoms with van der Waals surface area (Å²) in [6.45, 7) is 4.77. The van der Waals surface area contributed by atoms with Gasteiger partial charge in [0.05, 0.1) is 18.2 Å². The van der Waals surface area contributed by atoms with Crippen LogP contribution in [-0.2, 0) is 0 Å². The van der Waals surface area contributed by atoms with Gasteiger partial charge in [-0.05, 0) is 38.1 Å². The predicted molar refractivity (Wildman–Crippen MR) is 99.2 cm³/mol. The minimum absolute atomic E-state index is 0.0706. The summed E-state index contributed by atoms with van der Waals surface area (Å²) < 4.78 is 22.0. The molecule has 7 heteroatoms. The average molecular weight is 378 g/mol. The number of carbonyl (C=O) groups excluding carboxylic acids is 1. The van der Waals surface area contributed by atoms with E-state index in [-0.39, 0.29) is 12.0 Å². The number of benzene rings is 2. The minimum atomic E-state index is -0.321. The van der Waals surface area contributed by atoms with Crippen molar-refractivity contribution in [3.63, 3.8) is 0 Å². The van der Waals surface area contributed by atoms with Gasteiger partial charge in [0.2, 0.25) is 0 Å². The molecule has 1 N–H and O–H groups in total. The fraction of sp³-hybridized carbons (Fsp3) is 0.316. The van der Waals surface area contributed by atoms with Crippen LogP contribution in [0.3, 0.4) is 0 Å². The number of rotatable bonds is 5. The third kappa shape index (κ3) is 3.96. The maximum atomic E-state index is 12.6. The molecule has 3 rings (SSSR count). The summed E-state index contributed by atoms with van der Waals surface area (Å²) in [5.41, 5.74) is 0.953. The van der Waals surface area contributed by atoms with Crippen LogP contribution in [0.2, 0.25) is 5.02 Å². The summed E-state index contributed by atoms with van der Waals surface area (Å²) in [6.07, 6.45) is -0.0706. The third-order valence-corrected chi connectivity index (χ3v) is 3.93. The van der Waals surface area contributed by atoms with Crippen molar-refractivity contribution in [3.05, 3.63) is 40.9 Å². The lowest BCUT2D eigenvalue weighted by Gasteiger charge is -2.19. The van der Waals surface area contributed by atoms with Gasteiger partial charge in [0, 0.05) is 17.3 Å². The smallest absolute Gasteiger partial charge is 0.255 e. The Labute approximate surface area is 157 Å². The van der Waals surface area contributed by atoms with Gasteiger partial charge in [-0.2, -0.15) is 0 Å². The van der Waals surface area contributed by atoms with Crippen LogP contribution in [0, 0.1) is 0 Å². The van der Waals surface area contributed by atoms with E-state index in [4.69, 9.17) is 30.5 Å². The minimum Gasteiger partial charge on any atom is -0.493 e. The van der Waals surface area contributed by atoms with Crippen molar-refractivity contribution in [1.82, 2.24) is 0 Å². The number of fused-ring (bicyclic) bond motifs is 1. The Kier molecular flexibility index (Phi) is 5.42. The molecule has 0 bridgehead atoms. The van der Waals surface area contributed by atoms with E-state index in [1.807, 2.05) is 13.8 Å². The molecule has 0 saturated carbocycles. The van der Waals surface area contributed by atoms with Gasteiger partial charge in [0.15, 0.2) is 23.0 Å². The molecule has 0 aliphatic carbocycles. The number of ether oxygens (including phenoxy) is 4. The summed E-state index contributed by atoms with van der Waals surface area (Å²) >= 11 is 6.28. The zero-order valence-electron chi connectivity index (χ0n) is 14.8. The van der Waals surface area contributed by atoms with E-state index in [0.29, 0.717) is 52.5 Å². The second kappa shape index (κ2) is 7.74. The molecule has 0 aromatic heterocycles. The average Bonchev–Trinajstić information content (AvgIpc) is 2.62. The molecule has 2 aromatic rings. The van der Waals surface area contributed by atoms with E-state index in [1.54, 1.807) is 30.3 Å². The Hall–Kier alpha value is -2.60. The molecule has 138 valence electrons. The standard InChI is InChI=1S/C19H20ClNO5/c1-11(2)26-18-14(20)8-12(9-17(18)23-3)19(22)21-13-4-5-15-16(10-13)25-7-6-24-15/h4-5,8-11H,6-7H2,1-3H3,(H,21,22). The first-order chi connectivity index (χ1) is 12.5. The van der Waals surface area contributed by atoms with Crippen LogP contribution >= 0.6 is 11.6 Å². The Morgan fingerprint density at radius 1 is 1.15 bits per heavy atom. The van der Waals surface area contributed by atoms with E-state index in [0.717, 1.165) is 0 Å². The molecule has 26 heavy (non-hydrogen) atoms. The van der Waals surface area contributed by atoms with Crippen molar-refractivity contribution in [2.24, 2.45) is 0 Å². The lowest BCUT2D eigenvalue weighted by Crippen LogP contribution is -2.16. The van der Waals surface area contributed by atoms with Crippen molar-refractivity contribution in [2.45, 2.75) is 20.0 Å². The van der Waals surface area contributed by atoms with Gasteiger partial charge in [-0.1, -0.05) is 11.6 Å². The maximum Gasteiger partial charge on any atom is 0.255 e. The normalized spacial score (nSPS) is 12.7. The molecule has 2 aromatic carbocycles. The van der Waals surface area contributed by atoms with Crippen LogP contribution in [0.15, 0.2) is 30.3 Å². The van der Waals surface area contributed by atoms with E-state index < -0.39 is 0 Å². The highest BCUT2D eigenvalue weighted by atomic mass is 35.5. The third-order valence-electron chi connectivity index (χ3n) is 3.65. The van der Waals surface area contributed by atoms with Crippen LogP contribution in [0.1, 0.15) is 24.2 Å². The molecule has 1 amide bonds.